The van der Waals surface area contributed by atoms with Crippen molar-refractivity contribution in [3.8, 4) is 6.07 Å². The second-order valence-corrected chi connectivity index (χ2v) is 13.7. The largest absolute Gasteiger partial charge is 0.379 e. The Labute approximate surface area is 218 Å². The molecule has 0 saturated heterocycles. The Bertz CT molecular complexity index is 683. The highest BCUT2D eigenvalue weighted by Crippen LogP contribution is 2.36. The van der Waals surface area contributed by atoms with Gasteiger partial charge in [-0.15, -0.1) is 0 Å². The normalized spacial score (nSPS) is 13.9. The highest BCUT2D eigenvalue weighted by atomic mass is 16.5. The second-order valence-electron chi connectivity index (χ2n) is 13.7. The number of ether oxygens (including phenoxy) is 1. The average molecular weight is 491 g/mol. The molecule has 0 aliphatic heterocycles. The Balaban J connectivity index is 4.52. The van der Waals surface area contributed by atoms with Gasteiger partial charge in [-0.3, -0.25) is 4.79 Å². The summed E-state index contributed by atoms with van der Waals surface area (Å²) in [6.45, 7) is 24.7. The van der Waals surface area contributed by atoms with Crippen LogP contribution in [0, 0.1) is 27.6 Å². The fourth-order valence-electron chi connectivity index (χ4n) is 4.24. The lowest BCUT2D eigenvalue weighted by Gasteiger charge is -2.31. The third-order valence-electron chi connectivity index (χ3n) is 8.13. The first-order valence-electron chi connectivity index (χ1n) is 13.9. The fraction of sp³-hybridized carbons (Fsp3) is 0.871. The van der Waals surface area contributed by atoms with Crippen LogP contribution in [0.15, 0.2) is 12.3 Å². The van der Waals surface area contributed by atoms with Crippen LogP contribution in [0.5, 0.6) is 0 Å². The number of ketones is 1. The van der Waals surface area contributed by atoms with E-state index >= 15 is 0 Å². The van der Waals surface area contributed by atoms with Crippen LogP contribution in [-0.2, 0) is 9.53 Å². The maximum absolute atomic E-state index is 12.2. The molecule has 0 amide bonds. The average Bonchev–Trinajstić information content (AvgIpc) is 2.78. The molecule has 0 rings (SSSR count). The number of nitriles is 1. The molecule has 0 aliphatic rings. The zero-order valence-corrected chi connectivity index (χ0v) is 25.0. The summed E-state index contributed by atoms with van der Waals surface area (Å²) >= 11 is 0. The highest BCUT2D eigenvalue weighted by molar-refractivity contribution is 5.97. The molecule has 1 unspecified atom stereocenters. The van der Waals surface area contributed by atoms with E-state index in [4.69, 9.17) is 4.74 Å². The topological polar surface area (TPSA) is 62.1 Å². The first kappa shape index (κ1) is 33.7. The number of hydrogen-bond donors (Lipinski definition) is 1. The lowest BCUT2D eigenvalue weighted by atomic mass is 9.75. The number of hydrogen-bond acceptors (Lipinski definition) is 4. The first-order valence-corrected chi connectivity index (χ1v) is 13.9. The summed E-state index contributed by atoms with van der Waals surface area (Å²) in [5.41, 5.74) is 1.73. The zero-order valence-electron chi connectivity index (χ0n) is 25.0. The maximum Gasteiger partial charge on any atom is 0.253 e. The smallest absolute Gasteiger partial charge is 0.253 e. The minimum absolute atomic E-state index is 0.0887. The van der Waals surface area contributed by atoms with Crippen molar-refractivity contribution in [2.24, 2.45) is 16.2 Å². The molecule has 4 nitrogen and oxygen atoms in total. The lowest BCUT2D eigenvalue weighted by Crippen LogP contribution is -2.35. The summed E-state index contributed by atoms with van der Waals surface area (Å²) in [5, 5.41) is 12.5. The van der Waals surface area contributed by atoms with Crippen molar-refractivity contribution >= 4 is 5.78 Å². The molecule has 35 heavy (non-hydrogen) atoms. The summed E-state index contributed by atoms with van der Waals surface area (Å²) < 4.78 is 5.56. The Kier molecular flexibility index (Phi) is 14.5. The minimum Gasteiger partial charge on any atom is -0.379 e. The summed E-state index contributed by atoms with van der Waals surface area (Å²) in [6.07, 6.45) is 12.6. The Hall–Kier alpha value is -1.34. The molecule has 0 radical (unpaired) electrons. The van der Waals surface area contributed by atoms with Gasteiger partial charge in [-0.1, -0.05) is 74.3 Å². The van der Waals surface area contributed by atoms with Crippen LogP contribution in [0.3, 0.4) is 0 Å². The van der Waals surface area contributed by atoms with Crippen molar-refractivity contribution in [2.75, 3.05) is 7.11 Å². The molecule has 1 N–H and O–H groups in total. The van der Waals surface area contributed by atoms with Gasteiger partial charge in [0.1, 0.15) is 6.07 Å². The third kappa shape index (κ3) is 16.1. The van der Waals surface area contributed by atoms with Crippen molar-refractivity contribution in [1.29, 1.82) is 5.26 Å². The Morgan fingerprint density at radius 3 is 1.89 bits per heavy atom. The second kappa shape index (κ2) is 15.0. The van der Waals surface area contributed by atoms with E-state index in [1.807, 2.05) is 6.07 Å². The Morgan fingerprint density at radius 1 is 0.857 bits per heavy atom. The van der Waals surface area contributed by atoms with Crippen LogP contribution >= 0.6 is 0 Å². The van der Waals surface area contributed by atoms with Gasteiger partial charge in [-0.05, 0) is 87.9 Å². The van der Waals surface area contributed by atoms with E-state index in [1.165, 1.54) is 19.3 Å². The third-order valence-corrected chi connectivity index (χ3v) is 8.13. The number of unbranched alkanes of at least 4 members (excludes halogenated alkanes) is 1. The Morgan fingerprint density at radius 2 is 1.37 bits per heavy atom. The van der Waals surface area contributed by atoms with Gasteiger partial charge in [0.25, 0.3) is 5.78 Å². The molecule has 0 heterocycles. The molecule has 1 atom stereocenters. The van der Waals surface area contributed by atoms with E-state index in [1.54, 1.807) is 7.11 Å². The monoisotopic (exact) mass is 490 g/mol. The van der Waals surface area contributed by atoms with Crippen LogP contribution in [0.2, 0.25) is 0 Å². The molecule has 0 fully saturated rings. The molecule has 0 aromatic carbocycles. The van der Waals surface area contributed by atoms with Crippen molar-refractivity contribution in [3.05, 3.63) is 12.3 Å². The van der Waals surface area contributed by atoms with Crippen LogP contribution in [0.25, 0.3) is 0 Å². The van der Waals surface area contributed by atoms with Crippen LogP contribution < -0.4 is 5.32 Å². The van der Waals surface area contributed by atoms with Crippen LogP contribution in [0.1, 0.15) is 139 Å². The standard InChI is InChI=1S/C31H58N2O2/c1-12-28(3,4)20-21-29(5,6)18-14-13-17-26(27(34)24-32)33-25(2)16-15-19-30(7,8)22-23-31(9,10)35-11/h26,33H,2,12-23H2,1,3-11H3. The van der Waals surface area contributed by atoms with Gasteiger partial charge in [0, 0.05) is 12.8 Å². The van der Waals surface area contributed by atoms with Gasteiger partial charge in [0.15, 0.2) is 0 Å². The summed E-state index contributed by atoms with van der Waals surface area (Å²) in [7, 11) is 1.77. The van der Waals surface area contributed by atoms with E-state index in [-0.39, 0.29) is 16.8 Å². The summed E-state index contributed by atoms with van der Waals surface area (Å²) in [6, 6.07) is 1.39. The molecule has 4 heteroatoms. The van der Waals surface area contributed by atoms with Gasteiger partial charge < -0.3 is 10.1 Å². The number of Topliss-reactive ketones (excluding diaryl/α,β-unsaturated/α-hetero) is 1. The molecule has 0 aliphatic carbocycles. The number of rotatable bonds is 20. The number of nitrogens with zero attached hydrogens (tertiary/aromatic N) is 1. The van der Waals surface area contributed by atoms with E-state index < -0.39 is 6.04 Å². The van der Waals surface area contributed by atoms with Crippen LogP contribution in [0.4, 0.5) is 0 Å². The summed E-state index contributed by atoms with van der Waals surface area (Å²) in [4.78, 5) is 12.2. The van der Waals surface area contributed by atoms with E-state index in [0.29, 0.717) is 17.3 Å². The molecular formula is C31H58N2O2. The number of nitrogens with one attached hydrogen (secondary N) is 1. The van der Waals surface area contributed by atoms with Crippen molar-refractivity contribution in [2.45, 2.75) is 151 Å². The molecule has 0 bridgehead atoms. The van der Waals surface area contributed by atoms with Gasteiger partial charge in [-0.2, -0.15) is 5.26 Å². The molecule has 0 aromatic heterocycles. The molecule has 0 aromatic rings. The number of carbonyl (C=O) groups is 1. The molecule has 0 spiro atoms. The molecular weight excluding hydrogens is 432 g/mol. The molecule has 0 saturated carbocycles. The number of allylic oxidation sites excluding steroid dienone is 1. The number of carbonyl (C=O) groups excluding carboxylic acids is 1. The quantitative estimate of drug-likeness (QED) is 0.137. The van der Waals surface area contributed by atoms with Crippen LogP contribution in [-0.4, -0.2) is 24.5 Å². The zero-order chi connectivity index (χ0) is 27.3. The maximum atomic E-state index is 12.2. The molecule has 204 valence electrons. The van der Waals surface area contributed by atoms with Crippen molar-refractivity contribution in [3.63, 3.8) is 0 Å². The number of methoxy groups -OCH3 is 1. The lowest BCUT2D eigenvalue weighted by molar-refractivity contribution is -0.115. The van der Waals surface area contributed by atoms with Crippen molar-refractivity contribution in [1.82, 2.24) is 5.32 Å². The van der Waals surface area contributed by atoms with E-state index in [2.05, 4.69) is 74.2 Å². The van der Waals surface area contributed by atoms with Gasteiger partial charge in [-0.25, -0.2) is 0 Å². The van der Waals surface area contributed by atoms with E-state index in [9.17, 15) is 10.1 Å². The predicted molar refractivity (Wildman–Crippen MR) is 150 cm³/mol. The van der Waals surface area contributed by atoms with Gasteiger partial charge >= 0.3 is 0 Å². The SMILES string of the molecule is C=C(CCCC(C)(C)CCC(C)(C)OC)NC(CCCCC(C)(C)CCC(C)(C)CC)C(=O)C#N. The van der Waals surface area contributed by atoms with Gasteiger partial charge in [0.05, 0.1) is 11.6 Å². The fourth-order valence-corrected chi connectivity index (χ4v) is 4.24. The predicted octanol–water partition coefficient (Wildman–Crippen LogP) is 8.76. The first-order chi connectivity index (χ1) is 16.0. The van der Waals surface area contributed by atoms with Gasteiger partial charge in [0.2, 0.25) is 0 Å². The summed E-state index contributed by atoms with van der Waals surface area (Å²) in [5.74, 6) is -0.378. The van der Waals surface area contributed by atoms with E-state index in [0.717, 1.165) is 57.1 Å². The highest BCUT2D eigenvalue weighted by Gasteiger charge is 2.25. The minimum atomic E-state index is -0.440. The van der Waals surface area contributed by atoms with Crippen molar-refractivity contribution < 1.29 is 9.53 Å².